The minimum absolute atomic E-state index is 0.0693. The molecule has 1 rings (SSSR count). The van der Waals surface area contributed by atoms with Gasteiger partial charge in [-0.1, -0.05) is 17.7 Å². The van der Waals surface area contributed by atoms with Crippen LogP contribution in [0, 0.1) is 5.92 Å². The van der Waals surface area contributed by atoms with Crippen LogP contribution in [0.4, 0.5) is 4.39 Å². The second-order valence-corrected chi connectivity index (χ2v) is 4.12. The summed E-state index contributed by atoms with van der Waals surface area (Å²) < 4.78 is 33.9. The highest BCUT2D eigenvalue weighted by atomic mass is 32.2. The van der Waals surface area contributed by atoms with Gasteiger partial charge in [-0.25, -0.2) is 4.39 Å². The van der Waals surface area contributed by atoms with E-state index in [0.29, 0.717) is 18.4 Å². The van der Waals surface area contributed by atoms with E-state index in [0.717, 1.165) is 6.42 Å². The molecule has 3 unspecified atom stereocenters. The van der Waals surface area contributed by atoms with Crippen molar-refractivity contribution < 1.29 is 13.2 Å². The van der Waals surface area contributed by atoms with Gasteiger partial charge >= 0.3 is 0 Å². The third-order valence-electron chi connectivity index (χ3n) is 2.23. The lowest BCUT2D eigenvalue weighted by atomic mass is 9.86. The Hall–Kier alpha value is -0.220. The van der Waals surface area contributed by atoms with Gasteiger partial charge in [0.1, 0.15) is 6.17 Å². The Labute approximate surface area is 74.1 Å². The van der Waals surface area contributed by atoms with Gasteiger partial charge in [-0.3, -0.25) is 4.21 Å². The number of hydrogen-bond acceptors (Lipinski definition) is 2. The number of rotatable bonds is 2. The molecule has 0 amide bonds. The van der Waals surface area contributed by atoms with Crippen molar-refractivity contribution in [2.75, 3.05) is 5.75 Å². The van der Waals surface area contributed by atoms with Gasteiger partial charge in [0.05, 0.1) is 0 Å². The summed E-state index contributed by atoms with van der Waals surface area (Å²) in [4.78, 5) is 0. The lowest BCUT2D eigenvalue weighted by molar-refractivity contribution is 0.238. The second kappa shape index (κ2) is 4.14. The maximum Gasteiger partial charge on any atom is 0.125 e. The van der Waals surface area contributed by atoms with Crippen LogP contribution in [0.15, 0.2) is 12.2 Å². The van der Waals surface area contributed by atoms with Gasteiger partial charge in [-0.05, 0) is 24.8 Å². The Morgan fingerprint density at radius 3 is 3.00 bits per heavy atom. The Bertz CT molecular complexity index is 205. The molecule has 1 aliphatic carbocycles. The average Bonchev–Trinajstić information content (AvgIpc) is 1.98. The van der Waals surface area contributed by atoms with Crippen LogP contribution in [0.5, 0.6) is 0 Å². The highest BCUT2D eigenvalue weighted by molar-refractivity contribution is 7.79. The van der Waals surface area contributed by atoms with Crippen molar-refractivity contribution in [3.8, 4) is 0 Å². The van der Waals surface area contributed by atoms with Crippen LogP contribution in [0.25, 0.3) is 0 Å². The van der Waals surface area contributed by atoms with Crippen LogP contribution in [-0.2, 0) is 11.1 Å². The molecule has 70 valence electrons. The Kier molecular flexibility index (Phi) is 3.40. The van der Waals surface area contributed by atoms with Gasteiger partial charge in [-0.15, -0.1) is 0 Å². The molecule has 1 fully saturated rings. The third kappa shape index (κ3) is 2.38. The monoisotopic (exact) mass is 191 g/mol. The van der Waals surface area contributed by atoms with Crippen LogP contribution in [-0.4, -0.2) is 20.7 Å². The fraction of sp³-hybridized carbons (Fsp3) is 0.750. The first-order valence-electron chi connectivity index (χ1n) is 3.99. The first kappa shape index (κ1) is 9.86. The molecule has 0 aromatic rings. The Balaban J connectivity index is 2.52. The molecule has 0 heterocycles. The second-order valence-electron chi connectivity index (χ2n) is 3.18. The van der Waals surface area contributed by atoms with Crippen molar-refractivity contribution in [1.29, 1.82) is 0 Å². The van der Waals surface area contributed by atoms with Crippen LogP contribution in [0.2, 0.25) is 0 Å². The van der Waals surface area contributed by atoms with E-state index in [2.05, 4.69) is 6.58 Å². The highest BCUT2D eigenvalue weighted by Gasteiger charge is 2.27. The average molecular weight is 191 g/mol. The molecule has 0 radical (unpaired) electrons. The highest BCUT2D eigenvalue weighted by Crippen LogP contribution is 2.30. The smallest absolute Gasteiger partial charge is 0.125 e. The minimum atomic E-state index is -2.13. The summed E-state index contributed by atoms with van der Waals surface area (Å²) in [6.07, 6.45) is 1.11. The molecule has 0 aromatic carbocycles. The van der Waals surface area contributed by atoms with Crippen molar-refractivity contribution in [3.63, 3.8) is 0 Å². The molecule has 0 spiro atoms. The lowest BCUT2D eigenvalue weighted by Crippen LogP contribution is -2.27. The topological polar surface area (TPSA) is 40.1 Å². The molecule has 1 aliphatic rings. The molecule has 0 saturated heterocycles. The SMILES string of the molecule is C=C1CCCC(CS(=O)[O-])C1F. The Morgan fingerprint density at radius 1 is 1.75 bits per heavy atom. The summed E-state index contributed by atoms with van der Waals surface area (Å²) in [5.74, 6) is -0.426. The molecule has 2 nitrogen and oxygen atoms in total. The van der Waals surface area contributed by atoms with Crippen LogP contribution in [0.1, 0.15) is 19.3 Å². The molecule has 0 aromatic heterocycles. The summed E-state index contributed by atoms with van der Waals surface area (Å²) in [7, 11) is 0. The molecule has 0 bridgehead atoms. The van der Waals surface area contributed by atoms with E-state index >= 15 is 0 Å². The lowest BCUT2D eigenvalue weighted by Gasteiger charge is -2.28. The summed E-state index contributed by atoms with van der Waals surface area (Å²) in [5.41, 5.74) is 0.553. The van der Waals surface area contributed by atoms with Crippen molar-refractivity contribution in [3.05, 3.63) is 12.2 Å². The molecule has 3 atom stereocenters. The van der Waals surface area contributed by atoms with Crippen LogP contribution >= 0.6 is 0 Å². The predicted molar refractivity (Wildman–Crippen MR) is 45.2 cm³/mol. The summed E-state index contributed by atoms with van der Waals surface area (Å²) in [6.45, 7) is 3.58. The number of hydrogen-bond donors (Lipinski definition) is 0. The van der Waals surface area contributed by atoms with Gasteiger partial charge in [0, 0.05) is 11.7 Å². The van der Waals surface area contributed by atoms with Crippen LogP contribution < -0.4 is 0 Å². The van der Waals surface area contributed by atoms with Gasteiger partial charge in [0.2, 0.25) is 0 Å². The molecule has 0 aliphatic heterocycles. The predicted octanol–water partition coefficient (Wildman–Crippen LogP) is 1.56. The summed E-state index contributed by atoms with van der Waals surface area (Å²) in [5, 5.41) is 0. The standard InChI is InChI=1S/C8H13FO2S/c1-6-3-2-4-7(8(6)9)5-12(10)11/h7-8H,1-5H2,(H,10,11)/p-1. The number of allylic oxidation sites excluding steroid dienone is 1. The number of halogens is 1. The van der Waals surface area contributed by atoms with E-state index in [9.17, 15) is 13.2 Å². The van der Waals surface area contributed by atoms with E-state index in [1.165, 1.54) is 0 Å². The fourth-order valence-electron chi connectivity index (χ4n) is 1.55. The van der Waals surface area contributed by atoms with E-state index in [-0.39, 0.29) is 11.7 Å². The summed E-state index contributed by atoms with van der Waals surface area (Å²) >= 11 is -2.13. The van der Waals surface area contributed by atoms with E-state index in [1.807, 2.05) is 0 Å². The molecule has 12 heavy (non-hydrogen) atoms. The van der Waals surface area contributed by atoms with Crippen LogP contribution in [0.3, 0.4) is 0 Å². The Morgan fingerprint density at radius 2 is 2.42 bits per heavy atom. The van der Waals surface area contributed by atoms with Crippen molar-refractivity contribution >= 4 is 11.1 Å². The van der Waals surface area contributed by atoms with E-state index in [1.54, 1.807) is 0 Å². The van der Waals surface area contributed by atoms with Gasteiger partial charge in [-0.2, -0.15) is 0 Å². The normalized spacial score (nSPS) is 33.3. The van der Waals surface area contributed by atoms with Gasteiger partial charge in [0.15, 0.2) is 0 Å². The zero-order valence-corrected chi connectivity index (χ0v) is 7.61. The third-order valence-corrected chi connectivity index (χ3v) is 2.93. The minimum Gasteiger partial charge on any atom is -0.772 e. The first-order chi connectivity index (χ1) is 5.61. The van der Waals surface area contributed by atoms with Gasteiger partial charge < -0.3 is 4.55 Å². The molecule has 1 saturated carbocycles. The molecule has 0 N–H and O–H groups in total. The zero-order chi connectivity index (χ0) is 9.14. The quantitative estimate of drug-likeness (QED) is 0.491. The van der Waals surface area contributed by atoms with Crippen molar-refractivity contribution in [1.82, 2.24) is 0 Å². The van der Waals surface area contributed by atoms with Crippen molar-refractivity contribution in [2.24, 2.45) is 5.92 Å². The first-order valence-corrected chi connectivity index (χ1v) is 5.23. The fourth-order valence-corrected chi connectivity index (χ4v) is 2.24. The maximum absolute atomic E-state index is 13.2. The molecular weight excluding hydrogens is 179 g/mol. The van der Waals surface area contributed by atoms with Crippen molar-refractivity contribution in [2.45, 2.75) is 25.4 Å². The molecule has 4 heteroatoms. The van der Waals surface area contributed by atoms with E-state index in [4.69, 9.17) is 0 Å². The zero-order valence-electron chi connectivity index (χ0n) is 6.79. The van der Waals surface area contributed by atoms with Gasteiger partial charge in [0.25, 0.3) is 0 Å². The largest absolute Gasteiger partial charge is 0.772 e. The summed E-state index contributed by atoms with van der Waals surface area (Å²) in [6, 6.07) is 0. The van der Waals surface area contributed by atoms with E-state index < -0.39 is 17.3 Å². The number of alkyl halides is 1. The molecular formula is C8H12FO2S-. The maximum atomic E-state index is 13.2.